The van der Waals surface area contributed by atoms with Gasteiger partial charge < -0.3 is 5.73 Å². The van der Waals surface area contributed by atoms with Gasteiger partial charge in [0, 0.05) is 5.92 Å². The van der Waals surface area contributed by atoms with Gasteiger partial charge in [-0.15, -0.1) is 0 Å². The van der Waals surface area contributed by atoms with E-state index in [4.69, 9.17) is 5.73 Å². The van der Waals surface area contributed by atoms with Crippen LogP contribution in [0.1, 0.15) is 41.9 Å². The predicted molar refractivity (Wildman–Crippen MR) is 94.6 cm³/mol. The van der Waals surface area contributed by atoms with Crippen LogP contribution in [0.4, 0.5) is 0 Å². The molecule has 0 bridgehead atoms. The Balaban J connectivity index is 2.38. The second kappa shape index (κ2) is 6.12. The number of rotatable bonds is 1. The van der Waals surface area contributed by atoms with Crippen molar-refractivity contribution in [3.8, 4) is 18.2 Å². The summed E-state index contributed by atoms with van der Waals surface area (Å²) in [4.78, 5) is 0. The summed E-state index contributed by atoms with van der Waals surface area (Å²) in [5, 5.41) is 29.6. The highest BCUT2D eigenvalue weighted by Gasteiger charge is 2.54. The average Bonchev–Trinajstić information content (AvgIpc) is 2.63. The Morgan fingerprint density at radius 2 is 1.88 bits per heavy atom. The monoisotopic (exact) mass is 328 g/mol. The van der Waals surface area contributed by atoms with Crippen molar-refractivity contribution in [1.82, 2.24) is 0 Å². The minimum Gasteiger partial charge on any atom is -0.399 e. The smallest absolute Gasteiger partial charge is 0.191 e. The van der Waals surface area contributed by atoms with Gasteiger partial charge in [0.1, 0.15) is 6.07 Å². The van der Waals surface area contributed by atoms with E-state index in [0.29, 0.717) is 5.57 Å². The number of nitrogens with two attached hydrogens (primary N) is 1. The van der Waals surface area contributed by atoms with Crippen LogP contribution in [0.15, 0.2) is 41.1 Å². The number of allylic oxidation sites excluding steroid dienone is 4. The number of benzene rings is 1. The maximum Gasteiger partial charge on any atom is 0.191 e. The van der Waals surface area contributed by atoms with Crippen molar-refractivity contribution in [2.75, 3.05) is 0 Å². The van der Waals surface area contributed by atoms with E-state index >= 15 is 0 Å². The van der Waals surface area contributed by atoms with Crippen LogP contribution in [0.5, 0.6) is 0 Å². The van der Waals surface area contributed by atoms with Crippen LogP contribution >= 0.6 is 0 Å². The number of fused-ring (bicyclic) bond motifs is 1. The van der Waals surface area contributed by atoms with E-state index in [-0.39, 0.29) is 17.5 Å². The molecule has 0 heterocycles. The van der Waals surface area contributed by atoms with Crippen LogP contribution in [0.25, 0.3) is 0 Å². The number of hydrogen-bond donors (Lipinski definition) is 1. The van der Waals surface area contributed by atoms with Crippen molar-refractivity contribution < 1.29 is 0 Å². The summed E-state index contributed by atoms with van der Waals surface area (Å²) in [6.45, 7) is 4.00. The summed E-state index contributed by atoms with van der Waals surface area (Å²) >= 11 is 0. The van der Waals surface area contributed by atoms with Crippen molar-refractivity contribution in [2.24, 2.45) is 17.1 Å². The number of nitriles is 3. The molecule has 2 aliphatic carbocycles. The van der Waals surface area contributed by atoms with E-state index in [9.17, 15) is 15.8 Å². The molecule has 2 N–H and O–H groups in total. The molecule has 3 rings (SSSR count). The van der Waals surface area contributed by atoms with Crippen molar-refractivity contribution >= 4 is 0 Å². The fourth-order valence-electron chi connectivity index (χ4n) is 4.31. The van der Waals surface area contributed by atoms with Crippen LogP contribution in [0.2, 0.25) is 0 Å². The van der Waals surface area contributed by atoms with Crippen molar-refractivity contribution in [3.05, 3.63) is 57.8 Å². The molecule has 4 nitrogen and oxygen atoms in total. The minimum absolute atomic E-state index is 0.0319. The van der Waals surface area contributed by atoms with Crippen LogP contribution in [-0.2, 0) is 0 Å². The predicted octanol–water partition coefficient (Wildman–Crippen LogP) is 3.90. The van der Waals surface area contributed by atoms with Gasteiger partial charge in [-0.05, 0) is 55.7 Å². The zero-order valence-electron chi connectivity index (χ0n) is 14.5. The third-order valence-corrected chi connectivity index (χ3v) is 5.57. The molecule has 0 aliphatic heterocycles. The van der Waals surface area contributed by atoms with Gasteiger partial charge >= 0.3 is 0 Å². The topological polar surface area (TPSA) is 97.4 Å². The van der Waals surface area contributed by atoms with Crippen LogP contribution in [-0.4, -0.2) is 0 Å². The molecular formula is C21H20N4. The number of aryl methyl sites for hydroxylation is 2. The quantitative estimate of drug-likeness (QED) is 0.845. The summed E-state index contributed by atoms with van der Waals surface area (Å²) in [5.41, 5.74) is 9.24. The van der Waals surface area contributed by atoms with Crippen molar-refractivity contribution in [3.63, 3.8) is 0 Å². The first kappa shape index (κ1) is 16.8. The Hall–Kier alpha value is -3.03. The highest BCUT2D eigenvalue weighted by molar-refractivity contribution is 5.59. The Morgan fingerprint density at radius 1 is 1.16 bits per heavy atom. The van der Waals surface area contributed by atoms with Gasteiger partial charge in [0.05, 0.1) is 23.4 Å². The highest BCUT2D eigenvalue weighted by atomic mass is 14.7. The SMILES string of the molecule is Cc1ccc(C)c([C@@H]2[C@@H]3CCCC=C3C(C#N)=C(N)C2(C#N)C#N)c1. The fraction of sp³-hybridized carbons (Fsp3) is 0.381. The molecule has 0 spiro atoms. The summed E-state index contributed by atoms with van der Waals surface area (Å²) in [5.74, 6) is -0.387. The Kier molecular flexibility index (Phi) is 4.12. The van der Waals surface area contributed by atoms with Gasteiger partial charge in [0.25, 0.3) is 0 Å². The molecule has 0 unspecified atom stereocenters. The maximum absolute atomic E-state index is 9.99. The molecule has 0 fully saturated rings. The summed E-state index contributed by atoms with van der Waals surface area (Å²) in [6.07, 6.45) is 4.81. The first-order valence-electron chi connectivity index (χ1n) is 8.50. The minimum atomic E-state index is -1.51. The highest BCUT2D eigenvalue weighted by Crippen LogP contribution is 2.56. The van der Waals surface area contributed by atoms with E-state index in [1.165, 1.54) is 0 Å². The van der Waals surface area contributed by atoms with Crippen LogP contribution < -0.4 is 5.73 Å². The van der Waals surface area contributed by atoms with Crippen molar-refractivity contribution in [2.45, 2.75) is 39.0 Å². The molecule has 25 heavy (non-hydrogen) atoms. The van der Waals surface area contributed by atoms with Crippen LogP contribution in [0, 0.1) is 59.2 Å². The molecule has 0 aromatic heterocycles. The van der Waals surface area contributed by atoms with Gasteiger partial charge in [0.2, 0.25) is 0 Å². The lowest BCUT2D eigenvalue weighted by atomic mass is 9.56. The molecule has 2 atom stereocenters. The van der Waals surface area contributed by atoms with E-state index in [1.54, 1.807) is 0 Å². The zero-order valence-corrected chi connectivity index (χ0v) is 14.5. The molecule has 4 heteroatoms. The molecular weight excluding hydrogens is 308 g/mol. The second-order valence-corrected chi connectivity index (χ2v) is 6.97. The molecule has 0 amide bonds. The van der Waals surface area contributed by atoms with Crippen LogP contribution in [0.3, 0.4) is 0 Å². The number of nitrogens with zero attached hydrogens (tertiary/aromatic N) is 3. The molecule has 0 radical (unpaired) electrons. The van der Waals surface area contributed by atoms with E-state index in [1.807, 2.05) is 26.0 Å². The molecule has 0 saturated carbocycles. The molecule has 1 aromatic carbocycles. The third kappa shape index (κ3) is 2.33. The lowest BCUT2D eigenvalue weighted by molar-refractivity contribution is 0.316. The molecule has 2 aliphatic rings. The first-order valence-corrected chi connectivity index (χ1v) is 8.50. The van der Waals surface area contributed by atoms with E-state index in [0.717, 1.165) is 41.5 Å². The van der Waals surface area contributed by atoms with Gasteiger partial charge in [-0.1, -0.05) is 29.8 Å². The Morgan fingerprint density at radius 3 is 2.52 bits per heavy atom. The Bertz CT molecular complexity index is 901. The van der Waals surface area contributed by atoms with Gasteiger partial charge in [-0.2, -0.15) is 15.8 Å². The first-order chi connectivity index (χ1) is 12.0. The largest absolute Gasteiger partial charge is 0.399 e. The van der Waals surface area contributed by atoms with Gasteiger partial charge in [-0.25, -0.2) is 0 Å². The van der Waals surface area contributed by atoms with Gasteiger partial charge in [0.15, 0.2) is 5.41 Å². The normalized spacial score (nSPS) is 24.4. The average molecular weight is 328 g/mol. The van der Waals surface area contributed by atoms with E-state index < -0.39 is 5.41 Å². The van der Waals surface area contributed by atoms with Gasteiger partial charge in [-0.3, -0.25) is 0 Å². The summed E-state index contributed by atoms with van der Waals surface area (Å²) in [7, 11) is 0. The van der Waals surface area contributed by atoms with E-state index in [2.05, 4.69) is 30.4 Å². The number of hydrogen-bond acceptors (Lipinski definition) is 4. The maximum atomic E-state index is 9.99. The third-order valence-electron chi connectivity index (χ3n) is 5.57. The molecule has 124 valence electrons. The lowest BCUT2D eigenvalue weighted by Gasteiger charge is -2.43. The molecule has 0 saturated heterocycles. The lowest BCUT2D eigenvalue weighted by Crippen LogP contribution is -2.43. The standard InChI is InChI=1S/C21H20N4/c1-13-7-8-14(2)17(9-13)19-16-6-4-3-5-15(16)18(10-22)20(25)21(19,11-23)12-24/h5,7-9,16,19H,3-4,6,25H2,1-2H3/t16-,19+/m1/s1. The Labute approximate surface area is 148 Å². The summed E-state index contributed by atoms with van der Waals surface area (Å²) in [6, 6.07) is 12.6. The fourth-order valence-corrected chi connectivity index (χ4v) is 4.31. The zero-order chi connectivity index (χ0) is 18.2. The molecule has 1 aromatic rings. The summed E-state index contributed by atoms with van der Waals surface area (Å²) < 4.78 is 0. The second-order valence-electron chi connectivity index (χ2n) is 6.97. The van der Waals surface area contributed by atoms with Crippen molar-refractivity contribution in [1.29, 1.82) is 15.8 Å².